The molecule has 0 saturated carbocycles. The van der Waals surface area contributed by atoms with Gasteiger partial charge in [0.1, 0.15) is 11.6 Å². The predicted octanol–water partition coefficient (Wildman–Crippen LogP) is 7.43. The van der Waals surface area contributed by atoms with Gasteiger partial charge in [-0.05, 0) is 60.6 Å². The molecule has 2 aromatic rings. The van der Waals surface area contributed by atoms with Crippen LogP contribution < -0.4 is 0 Å². The molecule has 3 rings (SSSR count). The van der Waals surface area contributed by atoms with E-state index in [1.807, 2.05) is 6.08 Å². The summed E-state index contributed by atoms with van der Waals surface area (Å²) in [4.78, 5) is 0. The van der Waals surface area contributed by atoms with Crippen molar-refractivity contribution in [1.82, 2.24) is 0 Å². The first-order chi connectivity index (χ1) is 13.4. The highest BCUT2D eigenvalue weighted by Gasteiger charge is 2.24. The van der Waals surface area contributed by atoms with Crippen LogP contribution in [0.4, 0.5) is 22.0 Å². The van der Waals surface area contributed by atoms with Crippen molar-refractivity contribution < 1.29 is 22.0 Å². The Balaban J connectivity index is 1.83. The number of hydrogen-bond donors (Lipinski definition) is 0. The second-order valence-electron chi connectivity index (χ2n) is 7.35. The van der Waals surface area contributed by atoms with E-state index >= 15 is 0 Å². The summed E-state index contributed by atoms with van der Waals surface area (Å²) < 4.78 is 69.8. The average molecular weight is 394 g/mol. The zero-order chi connectivity index (χ0) is 20.3. The lowest BCUT2D eigenvalue weighted by Crippen LogP contribution is -2.09. The van der Waals surface area contributed by atoms with Gasteiger partial charge < -0.3 is 0 Å². The average Bonchev–Trinajstić information content (AvgIpc) is 2.65. The van der Waals surface area contributed by atoms with Crippen molar-refractivity contribution in [3.63, 3.8) is 0 Å². The Kier molecular flexibility index (Phi) is 6.53. The van der Waals surface area contributed by atoms with E-state index < -0.39 is 34.6 Å². The van der Waals surface area contributed by atoms with E-state index in [4.69, 9.17) is 0 Å². The molecule has 0 amide bonds. The third-order valence-corrected chi connectivity index (χ3v) is 5.30. The van der Waals surface area contributed by atoms with Crippen molar-refractivity contribution in [1.29, 1.82) is 0 Å². The van der Waals surface area contributed by atoms with E-state index in [1.54, 1.807) is 0 Å². The third kappa shape index (κ3) is 4.29. The molecule has 1 aliphatic rings. The highest BCUT2D eigenvalue weighted by molar-refractivity contribution is 5.67. The van der Waals surface area contributed by atoms with Gasteiger partial charge in [0.15, 0.2) is 17.5 Å². The van der Waals surface area contributed by atoms with Gasteiger partial charge in [-0.1, -0.05) is 44.3 Å². The summed E-state index contributed by atoms with van der Waals surface area (Å²) in [5, 5.41) is 0. The monoisotopic (exact) mass is 394 g/mol. The van der Waals surface area contributed by atoms with Crippen LogP contribution >= 0.6 is 0 Å². The maximum atomic E-state index is 15.0. The molecular weight excluding hydrogens is 371 g/mol. The van der Waals surface area contributed by atoms with Crippen LogP contribution in [-0.4, -0.2) is 0 Å². The molecule has 0 aliphatic heterocycles. The molecule has 0 heterocycles. The Hall–Kier alpha value is -2.17. The normalized spacial score (nSPS) is 13.4. The summed E-state index contributed by atoms with van der Waals surface area (Å²) in [6, 6.07) is 2.47. The maximum Gasteiger partial charge on any atom is 0.194 e. The number of unbranched alkanes of at least 4 members (excludes halogenated alkanes) is 4. The summed E-state index contributed by atoms with van der Waals surface area (Å²) in [6.45, 7) is 2.16. The Labute approximate surface area is 162 Å². The Morgan fingerprint density at radius 2 is 1.46 bits per heavy atom. The number of fused-ring (bicyclic) bond motifs is 1. The van der Waals surface area contributed by atoms with Gasteiger partial charge in [0.05, 0.1) is 5.56 Å². The first kappa shape index (κ1) is 20.6. The quantitative estimate of drug-likeness (QED) is 0.198. The highest BCUT2D eigenvalue weighted by Crippen LogP contribution is 2.35. The zero-order valence-corrected chi connectivity index (χ0v) is 15.9. The summed E-state index contributed by atoms with van der Waals surface area (Å²) in [5.74, 6) is -6.34. The molecule has 0 N–H and O–H groups in total. The number of halogens is 5. The summed E-state index contributed by atoms with van der Waals surface area (Å²) in [5.41, 5.74) is 1.19. The van der Waals surface area contributed by atoms with Gasteiger partial charge >= 0.3 is 0 Å². The lowest BCUT2D eigenvalue weighted by molar-refractivity contribution is 0.447. The van der Waals surface area contributed by atoms with E-state index in [0.717, 1.165) is 24.8 Å². The van der Waals surface area contributed by atoms with Crippen LogP contribution in [0, 0.1) is 29.1 Å². The molecule has 28 heavy (non-hydrogen) atoms. The van der Waals surface area contributed by atoms with Gasteiger partial charge in [0, 0.05) is 0 Å². The van der Waals surface area contributed by atoms with Crippen molar-refractivity contribution in [2.45, 2.75) is 58.3 Å². The van der Waals surface area contributed by atoms with Crippen molar-refractivity contribution >= 4 is 0 Å². The van der Waals surface area contributed by atoms with Crippen LogP contribution in [0.3, 0.4) is 0 Å². The lowest BCUT2D eigenvalue weighted by atomic mass is 9.86. The van der Waals surface area contributed by atoms with E-state index in [-0.39, 0.29) is 5.56 Å². The van der Waals surface area contributed by atoms with Crippen LogP contribution in [-0.2, 0) is 12.8 Å². The van der Waals surface area contributed by atoms with Crippen molar-refractivity contribution in [2.24, 2.45) is 0 Å². The number of allylic oxidation sites excluding steroid dienone is 2. The lowest BCUT2D eigenvalue weighted by Gasteiger charge is -2.20. The van der Waals surface area contributed by atoms with Gasteiger partial charge in [0.25, 0.3) is 0 Å². The molecule has 0 radical (unpaired) electrons. The van der Waals surface area contributed by atoms with Crippen LogP contribution in [0.2, 0.25) is 0 Å². The molecule has 0 bridgehead atoms. The minimum absolute atomic E-state index is 0.310. The molecule has 0 spiro atoms. The van der Waals surface area contributed by atoms with Gasteiger partial charge in [-0.3, -0.25) is 0 Å². The fourth-order valence-electron chi connectivity index (χ4n) is 3.76. The Bertz CT molecular complexity index is 875. The number of benzene rings is 2. The molecule has 1 aliphatic carbocycles. The molecule has 0 aromatic heterocycles. The second kappa shape index (κ2) is 8.89. The highest BCUT2D eigenvalue weighted by atomic mass is 19.2. The smallest absolute Gasteiger partial charge is 0.194 e. The van der Waals surface area contributed by atoms with Gasteiger partial charge in [-0.25, -0.2) is 22.0 Å². The summed E-state index contributed by atoms with van der Waals surface area (Å²) in [6.07, 6.45) is 9.43. The molecular formula is C23H23F5. The second-order valence-corrected chi connectivity index (χ2v) is 7.35. The van der Waals surface area contributed by atoms with Gasteiger partial charge in [0.2, 0.25) is 0 Å². The first-order valence-electron chi connectivity index (χ1n) is 9.75. The molecule has 0 atom stereocenters. The van der Waals surface area contributed by atoms with Crippen molar-refractivity contribution in [2.75, 3.05) is 0 Å². The minimum Gasteiger partial charge on any atom is -0.206 e. The SMILES string of the molecule is CCCCCCCC1=CCc2c(cc(F)c(-c3cc(F)c(F)c(F)c3)c2F)C1. The topological polar surface area (TPSA) is 0 Å². The molecule has 2 aromatic carbocycles. The largest absolute Gasteiger partial charge is 0.206 e. The van der Waals surface area contributed by atoms with E-state index in [2.05, 4.69) is 6.92 Å². The maximum absolute atomic E-state index is 15.0. The Morgan fingerprint density at radius 1 is 0.786 bits per heavy atom. The van der Waals surface area contributed by atoms with Crippen molar-refractivity contribution in [3.8, 4) is 11.1 Å². The zero-order valence-electron chi connectivity index (χ0n) is 15.9. The van der Waals surface area contributed by atoms with Crippen molar-refractivity contribution in [3.05, 3.63) is 70.1 Å². The van der Waals surface area contributed by atoms with Crippen LogP contribution in [0.15, 0.2) is 29.8 Å². The fraction of sp³-hybridized carbons (Fsp3) is 0.391. The van der Waals surface area contributed by atoms with E-state index in [9.17, 15) is 22.0 Å². The molecule has 0 nitrogen and oxygen atoms in total. The minimum atomic E-state index is -1.66. The Morgan fingerprint density at radius 3 is 2.14 bits per heavy atom. The molecule has 5 heteroatoms. The standard InChI is InChI=1S/C23H23F5/c1-2-3-4-5-6-7-14-8-9-17-15(10-14)11-18(24)21(22(17)27)16-12-19(25)23(28)20(26)13-16/h8,11-13H,2-7,9-10H2,1H3. The molecule has 0 fully saturated rings. The first-order valence-corrected chi connectivity index (χ1v) is 9.75. The molecule has 0 saturated heterocycles. The van der Waals surface area contributed by atoms with E-state index in [1.165, 1.54) is 25.3 Å². The molecule has 0 unspecified atom stereocenters. The summed E-state index contributed by atoms with van der Waals surface area (Å²) in [7, 11) is 0. The van der Waals surface area contributed by atoms with Crippen LogP contribution in [0.5, 0.6) is 0 Å². The van der Waals surface area contributed by atoms with Crippen LogP contribution in [0.25, 0.3) is 11.1 Å². The summed E-state index contributed by atoms with van der Waals surface area (Å²) >= 11 is 0. The van der Waals surface area contributed by atoms with E-state index in [0.29, 0.717) is 36.1 Å². The number of hydrogen-bond acceptors (Lipinski definition) is 0. The number of rotatable bonds is 7. The van der Waals surface area contributed by atoms with Gasteiger partial charge in [-0.15, -0.1) is 0 Å². The van der Waals surface area contributed by atoms with Crippen LogP contribution in [0.1, 0.15) is 56.6 Å². The van der Waals surface area contributed by atoms with Gasteiger partial charge in [-0.2, -0.15) is 0 Å². The third-order valence-electron chi connectivity index (χ3n) is 5.30. The predicted molar refractivity (Wildman–Crippen MR) is 101 cm³/mol. The molecule has 150 valence electrons. The fourth-order valence-corrected chi connectivity index (χ4v) is 3.76.